The summed E-state index contributed by atoms with van der Waals surface area (Å²) in [7, 11) is 0. The van der Waals surface area contributed by atoms with Gasteiger partial charge in [-0.25, -0.2) is 4.98 Å². The molecule has 20 heavy (non-hydrogen) atoms. The van der Waals surface area contributed by atoms with Crippen molar-refractivity contribution in [3.63, 3.8) is 0 Å². The van der Waals surface area contributed by atoms with Crippen LogP contribution in [0.15, 0.2) is 30.6 Å². The standard InChI is InChI=1S/C16H17N3O/c20-16(12-3-4-12)19-8-5-11(6-9-19)14-10-18-15-13(14)2-1-7-17-15/h1-2,5,7,10,12H,3-4,6,8-9H2,(H,17,18). The molecule has 4 nitrogen and oxygen atoms in total. The fourth-order valence-electron chi connectivity index (χ4n) is 2.92. The molecule has 4 rings (SSSR count). The molecule has 0 spiro atoms. The summed E-state index contributed by atoms with van der Waals surface area (Å²) in [6, 6.07) is 4.06. The topological polar surface area (TPSA) is 49.0 Å². The van der Waals surface area contributed by atoms with E-state index in [1.54, 1.807) is 6.20 Å². The molecule has 1 amide bonds. The second kappa shape index (κ2) is 4.47. The van der Waals surface area contributed by atoms with Crippen LogP contribution >= 0.6 is 0 Å². The van der Waals surface area contributed by atoms with Gasteiger partial charge >= 0.3 is 0 Å². The average Bonchev–Trinajstić information content (AvgIpc) is 3.26. The molecule has 0 radical (unpaired) electrons. The van der Waals surface area contributed by atoms with Crippen LogP contribution < -0.4 is 0 Å². The summed E-state index contributed by atoms with van der Waals surface area (Å²) < 4.78 is 0. The fraction of sp³-hybridized carbons (Fsp3) is 0.375. The zero-order valence-electron chi connectivity index (χ0n) is 11.3. The maximum absolute atomic E-state index is 12.0. The zero-order chi connectivity index (χ0) is 13.5. The van der Waals surface area contributed by atoms with Gasteiger partial charge in [0.1, 0.15) is 5.65 Å². The van der Waals surface area contributed by atoms with E-state index in [4.69, 9.17) is 0 Å². The Kier molecular flexibility index (Phi) is 2.62. The number of rotatable bonds is 2. The summed E-state index contributed by atoms with van der Waals surface area (Å²) in [5.41, 5.74) is 3.48. The van der Waals surface area contributed by atoms with Crippen molar-refractivity contribution in [1.82, 2.24) is 14.9 Å². The van der Waals surface area contributed by atoms with Crippen LogP contribution in [-0.2, 0) is 4.79 Å². The number of pyridine rings is 1. The Morgan fingerprint density at radius 1 is 1.40 bits per heavy atom. The van der Waals surface area contributed by atoms with Crippen LogP contribution in [0.5, 0.6) is 0 Å². The Morgan fingerprint density at radius 2 is 2.30 bits per heavy atom. The van der Waals surface area contributed by atoms with Crippen LogP contribution in [0.25, 0.3) is 16.6 Å². The van der Waals surface area contributed by atoms with E-state index in [1.807, 2.05) is 17.2 Å². The molecule has 4 heteroatoms. The lowest BCUT2D eigenvalue weighted by Crippen LogP contribution is -2.35. The van der Waals surface area contributed by atoms with Gasteiger partial charge in [0.25, 0.3) is 0 Å². The van der Waals surface area contributed by atoms with E-state index >= 15 is 0 Å². The smallest absolute Gasteiger partial charge is 0.225 e. The SMILES string of the molecule is O=C(C1CC1)N1CC=C(c2c[nH]c3ncccc23)CC1. The van der Waals surface area contributed by atoms with Gasteiger partial charge in [0.15, 0.2) is 0 Å². The molecule has 1 N–H and O–H groups in total. The molecular formula is C16H17N3O. The van der Waals surface area contributed by atoms with Crippen LogP contribution in [0, 0.1) is 5.92 Å². The van der Waals surface area contributed by atoms with Crippen molar-refractivity contribution in [2.45, 2.75) is 19.3 Å². The summed E-state index contributed by atoms with van der Waals surface area (Å²) in [5.74, 6) is 0.670. The minimum atomic E-state index is 0.322. The minimum absolute atomic E-state index is 0.322. The third kappa shape index (κ3) is 1.92. The average molecular weight is 267 g/mol. The lowest BCUT2D eigenvalue weighted by Gasteiger charge is -2.26. The van der Waals surface area contributed by atoms with Crippen molar-refractivity contribution >= 4 is 22.5 Å². The van der Waals surface area contributed by atoms with Crippen LogP contribution in [0.2, 0.25) is 0 Å². The molecule has 0 atom stereocenters. The molecule has 3 heterocycles. The number of hydrogen-bond acceptors (Lipinski definition) is 2. The highest BCUT2D eigenvalue weighted by atomic mass is 16.2. The fourth-order valence-corrected chi connectivity index (χ4v) is 2.92. The molecule has 1 aliphatic heterocycles. The molecule has 102 valence electrons. The normalized spacial score (nSPS) is 19.2. The lowest BCUT2D eigenvalue weighted by molar-refractivity contribution is -0.132. The van der Waals surface area contributed by atoms with Gasteiger partial charge in [0.05, 0.1) is 0 Å². The number of aromatic amines is 1. The number of carbonyl (C=O) groups is 1. The predicted octanol–water partition coefficient (Wildman–Crippen LogP) is 2.59. The Labute approximate surface area is 117 Å². The third-order valence-electron chi connectivity index (χ3n) is 4.24. The number of fused-ring (bicyclic) bond motifs is 1. The van der Waals surface area contributed by atoms with Gasteiger partial charge in [-0.05, 0) is 37.0 Å². The number of amides is 1. The quantitative estimate of drug-likeness (QED) is 0.909. The highest BCUT2D eigenvalue weighted by Gasteiger charge is 2.33. The Bertz CT molecular complexity index is 697. The van der Waals surface area contributed by atoms with Gasteiger partial charge < -0.3 is 9.88 Å². The van der Waals surface area contributed by atoms with Crippen molar-refractivity contribution in [3.8, 4) is 0 Å². The van der Waals surface area contributed by atoms with E-state index in [1.165, 1.54) is 16.5 Å². The van der Waals surface area contributed by atoms with Crippen LogP contribution in [-0.4, -0.2) is 33.9 Å². The molecule has 0 bridgehead atoms. The monoisotopic (exact) mass is 267 g/mol. The second-order valence-electron chi connectivity index (χ2n) is 5.64. The lowest BCUT2D eigenvalue weighted by atomic mass is 9.99. The van der Waals surface area contributed by atoms with Gasteiger partial charge in [-0.3, -0.25) is 4.79 Å². The number of nitrogens with one attached hydrogen (secondary N) is 1. The molecule has 1 saturated carbocycles. The molecule has 1 aliphatic carbocycles. The first-order valence-electron chi connectivity index (χ1n) is 7.23. The number of aromatic nitrogens is 2. The van der Waals surface area contributed by atoms with Crippen LogP contribution in [0.1, 0.15) is 24.8 Å². The number of hydrogen-bond donors (Lipinski definition) is 1. The molecule has 2 aromatic heterocycles. The van der Waals surface area contributed by atoms with Gasteiger partial charge in [-0.2, -0.15) is 0 Å². The minimum Gasteiger partial charge on any atom is -0.346 e. The summed E-state index contributed by atoms with van der Waals surface area (Å²) in [6.07, 6.45) is 9.12. The summed E-state index contributed by atoms with van der Waals surface area (Å²) in [4.78, 5) is 21.6. The molecule has 0 unspecified atom stereocenters. The highest BCUT2D eigenvalue weighted by Crippen LogP contribution is 2.33. The Morgan fingerprint density at radius 3 is 3.05 bits per heavy atom. The van der Waals surface area contributed by atoms with Crippen molar-refractivity contribution in [3.05, 3.63) is 36.2 Å². The molecular weight excluding hydrogens is 250 g/mol. The zero-order valence-corrected chi connectivity index (χ0v) is 11.3. The van der Waals surface area contributed by atoms with E-state index in [-0.39, 0.29) is 0 Å². The van der Waals surface area contributed by atoms with Crippen molar-refractivity contribution < 1.29 is 4.79 Å². The number of nitrogens with zero attached hydrogens (tertiary/aromatic N) is 2. The van der Waals surface area contributed by atoms with E-state index in [9.17, 15) is 4.79 Å². The molecule has 0 saturated heterocycles. The van der Waals surface area contributed by atoms with Gasteiger partial charge in [-0.1, -0.05) is 6.08 Å². The van der Waals surface area contributed by atoms with E-state index in [2.05, 4.69) is 22.1 Å². The third-order valence-corrected chi connectivity index (χ3v) is 4.24. The first-order valence-corrected chi connectivity index (χ1v) is 7.23. The van der Waals surface area contributed by atoms with Gasteiger partial charge in [0, 0.05) is 42.4 Å². The maximum atomic E-state index is 12.0. The predicted molar refractivity (Wildman–Crippen MR) is 78.0 cm³/mol. The summed E-state index contributed by atoms with van der Waals surface area (Å²) in [5, 5.41) is 1.17. The van der Waals surface area contributed by atoms with Crippen molar-refractivity contribution in [2.24, 2.45) is 5.92 Å². The molecule has 2 aliphatic rings. The number of carbonyl (C=O) groups excluding carboxylic acids is 1. The van der Waals surface area contributed by atoms with E-state index in [0.717, 1.165) is 38.0 Å². The molecule has 2 aromatic rings. The van der Waals surface area contributed by atoms with Crippen molar-refractivity contribution in [2.75, 3.05) is 13.1 Å². The molecule has 1 fully saturated rings. The van der Waals surface area contributed by atoms with E-state index < -0.39 is 0 Å². The highest BCUT2D eigenvalue weighted by molar-refractivity contribution is 5.91. The Balaban J connectivity index is 1.59. The van der Waals surface area contributed by atoms with Gasteiger partial charge in [0.2, 0.25) is 5.91 Å². The first-order chi connectivity index (χ1) is 9.83. The van der Waals surface area contributed by atoms with Crippen LogP contribution in [0.3, 0.4) is 0 Å². The Hall–Kier alpha value is -2.10. The van der Waals surface area contributed by atoms with Crippen LogP contribution in [0.4, 0.5) is 0 Å². The first kappa shape index (κ1) is 11.7. The summed E-state index contributed by atoms with van der Waals surface area (Å²) in [6.45, 7) is 1.59. The maximum Gasteiger partial charge on any atom is 0.225 e. The molecule has 0 aromatic carbocycles. The van der Waals surface area contributed by atoms with Gasteiger partial charge in [-0.15, -0.1) is 0 Å². The van der Waals surface area contributed by atoms with E-state index in [0.29, 0.717) is 11.8 Å². The summed E-state index contributed by atoms with van der Waals surface area (Å²) >= 11 is 0. The van der Waals surface area contributed by atoms with Crippen molar-refractivity contribution in [1.29, 1.82) is 0 Å². The second-order valence-corrected chi connectivity index (χ2v) is 5.64. The number of H-pyrrole nitrogens is 1. The largest absolute Gasteiger partial charge is 0.346 e.